The van der Waals surface area contributed by atoms with Crippen LogP contribution in [-0.4, -0.2) is 46.4 Å². The number of anilines is 1. The molecule has 0 aliphatic rings. The van der Waals surface area contributed by atoms with Gasteiger partial charge in [-0.25, -0.2) is 4.79 Å². The third-order valence-corrected chi connectivity index (χ3v) is 3.46. The molecular formula is C19H21NO7. The normalized spacial score (nSPS) is 9.89. The van der Waals surface area contributed by atoms with E-state index < -0.39 is 18.5 Å². The predicted molar refractivity (Wildman–Crippen MR) is 97.6 cm³/mol. The summed E-state index contributed by atoms with van der Waals surface area (Å²) < 4.78 is 25.5. The number of carbonyl (C=O) groups excluding carboxylic acids is 2. The van der Waals surface area contributed by atoms with Gasteiger partial charge in [0.2, 0.25) is 0 Å². The quantitative estimate of drug-likeness (QED) is 0.672. The molecule has 27 heavy (non-hydrogen) atoms. The van der Waals surface area contributed by atoms with Gasteiger partial charge in [0, 0.05) is 6.07 Å². The minimum absolute atomic E-state index is 0.314. The van der Waals surface area contributed by atoms with Crippen LogP contribution in [0.5, 0.6) is 23.0 Å². The zero-order valence-electron chi connectivity index (χ0n) is 15.3. The summed E-state index contributed by atoms with van der Waals surface area (Å²) in [5, 5.41) is 2.60. The Morgan fingerprint density at radius 3 is 2.07 bits per heavy atom. The first kappa shape index (κ1) is 19.9. The zero-order valence-corrected chi connectivity index (χ0v) is 15.3. The molecular weight excluding hydrogens is 354 g/mol. The topological polar surface area (TPSA) is 92.3 Å². The highest BCUT2D eigenvalue weighted by Gasteiger charge is 2.12. The highest BCUT2D eigenvalue weighted by atomic mass is 16.6. The Hall–Kier alpha value is -3.42. The average molecular weight is 375 g/mol. The number of rotatable bonds is 9. The molecule has 0 aliphatic heterocycles. The van der Waals surface area contributed by atoms with E-state index in [1.54, 1.807) is 49.6 Å². The van der Waals surface area contributed by atoms with E-state index in [1.807, 2.05) is 0 Å². The van der Waals surface area contributed by atoms with Crippen LogP contribution in [0.4, 0.5) is 5.69 Å². The number of esters is 1. The smallest absolute Gasteiger partial charge is 0.344 e. The van der Waals surface area contributed by atoms with Crippen molar-refractivity contribution in [3.63, 3.8) is 0 Å². The van der Waals surface area contributed by atoms with E-state index >= 15 is 0 Å². The summed E-state index contributed by atoms with van der Waals surface area (Å²) in [5.74, 6) is 1.01. The first-order valence-electron chi connectivity index (χ1n) is 8.00. The van der Waals surface area contributed by atoms with Gasteiger partial charge in [-0.2, -0.15) is 0 Å². The number of hydrogen-bond donors (Lipinski definition) is 1. The fourth-order valence-electron chi connectivity index (χ4n) is 2.09. The van der Waals surface area contributed by atoms with Gasteiger partial charge < -0.3 is 29.0 Å². The lowest BCUT2D eigenvalue weighted by atomic mass is 10.2. The molecule has 144 valence electrons. The van der Waals surface area contributed by atoms with Crippen molar-refractivity contribution in [1.29, 1.82) is 0 Å². The maximum atomic E-state index is 12.0. The molecule has 0 unspecified atom stereocenters. The van der Waals surface area contributed by atoms with Gasteiger partial charge in [-0.05, 0) is 36.4 Å². The zero-order chi connectivity index (χ0) is 19.6. The summed E-state index contributed by atoms with van der Waals surface area (Å²) in [6, 6.07) is 11.7. The fraction of sp³-hybridized carbons (Fsp3) is 0.263. The van der Waals surface area contributed by atoms with E-state index in [2.05, 4.69) is 5.32 Å². The lowest BCUT2D eigenvalue weighted by molar-refractivity contribution is -0.149. The number of ether oxygens (including phenoxy) is 5. The maximum Gasteiger partial charge on any atom is 0.344 e. The van der Waals surface area contributed by atoms with Gasteiger partial charge in [-0.15, -0.1) is 0 Å². The van der Waals surface area contributed by atoms with Crippen LogP contribution in [0.2, 0.25) is 0 Å². The Labute approximate surface area is 156 Å². The van der Waals surface area contributed by atoms with Crippen molar-refractivity contribution in [1.82, 2.24) is 0 Å². The van der Waals surface area contributed by atoms with Crippen molar-refractivity contribution < 1.29 is 33.3 Å². The lowest BCUT2D eigenvalue weighted by Gasteiger charge is -2.12. The van der Waals surface area contributed by atoms with Gasteiger partial charge in [0.25, 0.3) is 5.91 Å². The second kappa shape index (κ2) is 9.91. The molecule has 0 fully saturated rings. The van der Waals surface area contributed by atoms with Crippen LogP contribution < -0.4 is 24.3 Å². The van der Waals surface area contributed by atoms with Crippen molar-refractivity contribution in [2.75, 3.05) is 39.9 Å². The van der Waals surface area contributed by atoms with Gasteiger partial charge in [0.15, 0.2) is 13.2 Å². The third-order valence-electron chi connectivity index (χ3n) is 3.46. The van der Waals surface area contributed by atoms with E-state index in [9.17, 15) is 9.59 Å². The number of benzene rings is 2. The van der Waals surface area contributed by atoms with Crippen LogP contribution in [0.3, 0.4) is 0 Å². The summed E-state index contributed by atoms with van der Waals surface area (Å²) in [6.07, 6.45) is 0. The Kier molecular flexibility index (Phi) is 7.30. The third kappa shape index (κ3) is 6.10. The second-order valence-electron chi connectivity index (χ2n) is 5.24. The molecule has 0 bridgehead atoms. The molecule has 0 aliphatic carbocycles. The summed E-state index contributed by atoms with van der Waals surface area (Å²) in [4.78, 5) is 23.7. The Balaban J connectivity index is 1.78. The summed E-state index contributed by atoms with van der Waals surface area (Å²) in [6.45, 7) is -0.758. The molecule has 0 radical (unpaired) electrons. The van der Waals surface area contributed by atoms with E-state index in [1.165, 1.54) is 14.2 Å². The van der Waals surface area contributed by atoms with Crippen molar-refractivity contribution in [3.05, 3.63) is 42.5 Å². The highest BCUT2D eigenvalue weighted by molar-refractivity contribution is 5.94. The predicted octanol–water partition coefficient (Wildman–Crippen LogP) is 2.27. The summed E-state index contributed by atoms with van der Waals surface area (Å²) in [7, 11) is 4.56. The molecule has 0 saturated carbocycles. The van der Waals surface area contributed by atoms with Crippen molar-refractivity contribution in [3.8, 4) is 23.0 Å². The van der Waals surface area contributed by atoms with Crippen molar-refractivity contribution in [2.24, 2.45) is 0 Å². The highest BCUT2D eigenvalue weighted by Crippen LogP contribution is 2.28. The first-order chi connectivity index (χ1) is 13.0. The van der Waals surface area contributed by atoms with Crippen molar-refractivity contribution >= 4 is 17.6 Å². The first-order valence-corrected chi connectivity index (χ1v) is 8.00. The standard InChI is InChI=1S/C19H21NO7/c1-23-13-4-6-14(7-5-13)26-12-19(22)27-11-18(21)20-16-9-8-15(24-2)10-17(16)25-3/h4-10H,11-12H2,1-3H3,(H,20,21). The molecule has 2 aromatic rings. The molecule has 1 N–H and O–H groups in total. The van der Waals surface area contributed by atoms with E-state index in [0.717, 1.165) is 0 Å². The van der Waals surface area contributed by atoms with Crippen LogP contribution in [0.25, 0.3) is 0 Å². The van der Waals surface area contributed by atoms with Gasteiger partial charge >= 0.3 is 5.97 Å². The maximum absolute atomic E-state index is 12.0. The van der Waals surface area contributed by atoms with Crippen molar-refractivity contribution in [2.45, 2.75) is 0 Å². The molecule has 1 amide bonds. The Morgan fingerprint density at radius 1 is 0.815 bits per heavy atom. The molecule has 0 aromatic heterocycles. The van der Waals surface area contributed by atoms with Crippen LogP contribution in [0.15, 0.2) is 42.5 Å². The molecule has 8 heteroatoms. The number of nitrogens with one attached hydrogen (secondary N) is 1. The Bertz CT molecular complexity index is 774. The van der Waals surface area contributed by atoms with E-state index in [-0.39, 0.29) is 6.61 Å². The number of carbonyl (C=O) groups is 2. The largest absolute Gasteiger partial charge is 0.497 e. The molecule has 2 aromatic carbocycles. The molecule has 0 atom stereocenters. The molecule has 0 heterocycles. The minimum Gasteiger partial charge on any atom is -0.497 e. The van der Waals surface area contributed by atoms with Gasteiger partial charge in [0.05, 0.1) is 27.0 Å². The molecule has 0 saturated heterocycles. The Morgan fingerprint density at radius 2 is 1.44 bits per heavy atom. The van der Waals surface area contributed by atoms with Crippen LogP contribution in [0, 0.1) is 0 Å². The average Bonchev–Trinajstić information content (AvgIpc) is 2.71. The van der Waals surface area contributed by atoms with Gasteiger partial charge in [0.1, 0.15) is 23.0 Å². The SMILES string of the molecule is COc1ccc(OCC(=O)OCC(=O)Nc2ccc(OC)cc2OC)cc1. The lowest BCUT2D eigenvalue weighted by Crippen LogP contribution is -2.23. The van der Waals surface area contributed by atoms with E-state index in [0.29, 0.717) is 28.7 Å². The summed E-state index contributed by atoms with van der Waals surface area (Å²) in [5.41, 5.74) is 0.439. The van der Waals surface area contributed by atoms with Gasteiger partial charge in [-0.1, -0.05) is 0 Å². The monoisotopic (exact) mass is 375 g/mol. The number of hydrogen-bond acceptors (Lipinski definition) is 7. The molecule has 0 spiro atoms. The molecule has 8 nitrogen and oxygen atoms in total. The van der Waals surface area contributed by atoms with Crippen LogP contribution >= 0.6 is 0 Å². The molecule has 2 rings (SSSR count). The second-order valence-corrected chi connectivity index (χ2v) is 5.24. The van der Waals surface area contributed by atoms with Crippen LogP contribution in [-0.2, 0) is 14.3 Å². The minimum atomic E-state index is -0.664. The van der Waals surface area contributed by atoms with E-state index in [4.69, 9.17) is 23.7 Å². The number of methoxy groups -OCH3 is 3. The van der Waals surface area contributed by atoms with Crippen LogP contribution in [0.1, 0.15) is 0 Å². The number of amides is 1. The fourth-order valence-corrected chi connectivity index (χ4v) is 2.09. The summed E-state index contributed by atoms with van der Waals surface area (Å²) >= 11 is 0. The van der Waals surface area contributed by atoms with Gasteiger partial charge in [-0.3, -0.25) is 4.79 Å².